The highest BCUT2D eigenvalue weighted by molar-refractivity contribution is 5.84. The highest BCUT2D eigenvalue weighted by Crippen LogP contribution is 2.18. The van der Waals surface area contributed by atoms with E-state index in [-0.39, 0.29) is 6.10 Å². The second kappa shape index (κ2) is 11.8. The third-order valence-electron chi connectivity index (χ3n) is 5.58. The number of ether oxygens (including phenoxy) is 3. The summed E-state index contributed by atoms with van der Waals surface area (Å²) in [5.41, 5.74) is 1.81. The Morgan fingerprint density at radius 1 is 1.20 bits per heavy atom. The van der Waals surface area contributed by atoms with Crippen molar-refractivity contribution in [3.8, 4) is 0 Å². The summed E-state index contributed by atoms with van der Waals surface area (Å²) in [4.78, 5) is 18.0. The second-order valence-electron chi connectivity index (χ2n) is 7.72. The maximum atomic E-state index is 11.3. The SMILES string of the molecule is CN=C(NCc1ccc(NC(=O)OC)cc1)N1CCC(OCC2CCCCO2)CC1. The second-order valence-corrected chi connectivity index (χ2v) is 7.72. The van der Waals surface area contributed by atoms with E-state index in [1.165, 1.54) is 20.0 Å². The molecule has 2 saturated heterocycles. The van der Waals surface area contributed by atoms with Crippen LogP contribution in [-0.2, 0) is 20.8 Å². The van der Waals surface area contributed by atoms with Crippen LogP contribution in [0.15, 0.2) is 29.3 Å². The highest BCUT2D eigenvalue weighted by atomic mass is 16.5. The van der Waals surface area contributed by atoms with E-state index in [0.29, 0.717) is 18.3 Å². The third-order valence-corrected chi connectivity index (χ3v) is 5.58. The lowest BCUT2D eigenvalue weighted by Gasteiger charge is -2.35. The number of nitrogens with one attached hydrogen (secondary N) is 2. The van der Waals surface area contributed by atoms with Crippen molar-refractivity contribution in [3.63, 3.8) is 0 Å². The number of aliphatic imine (C=N–C) groups is 1. The van der Waals surface area contributed by atoms with Crippen molar-refractivity contribution in [1.29, 1.82) is 0 Å². The van der Waals surface area contributed by atoms with Crippen LogP contribution in [0.4, 0.5) is 10.5 Å². The van der Waals surface area contributed by atoms with Crippen LogP contribution in [0.1, 0.15) is 37.7 Å². The molecule has 0 bridgehead atoms. The molecule has 0 aliphatic carbocycles. The van der Waals surface area contributed by atoms with Crippen LogP contribution in [0, 0.1) is 0 Å². The molecule has 1 atom stereocenters. The quantitative estimate of drug-likeness (QED) is 0.546. The molecule has 0 aromatic heterocycles. The maximum Gasteiger partial charge on any atom is 0.411 e. The van der Waals surface area contributed by atoms with Crippen molar-refractivity contribution in [1.82, 2.24) is 10.2 Å². The van der Waals surface area contributed by atoms with Crippen LogP contribution in [0.5, 0.6) is 0 Å². The van der Waals surface area contributed by atoms with Crippen molar-refractivity contribution in [2.75, 3.05) is 45.8 Å². The largest absolute Gasteiger partial charge is 0.453 e. The lowest BCUT2D eigenvalue weighted by molar-refractivity contribution is -0.0721. The number of hydrogen-bond donors (Lipinski definition) is 2. The molecule has 30 heavy (non-hydrogen) atoms. The summed E-state index contributed by atoms with van der Waals surface area (Å²) in [5.74, 6) is 0.904. The zero-order valence-electron chi connectivity index (χ0n) is 18.1. The van der Waals surface area contributed by atoms with Gasteiger partial charge in [0.15, 0.2) is 5.96 Å². The lowest BCUT2D eigenvalue weighted by Crippen LogP contribution is -2.47. The van der Waals surface area contributed by atoms with Crippen molar-refractivity contribution in [3.05, 3.63) is 29.8 Å². The molecule has 0 spiro atoms. The number of hydrogen-bond acceptors (Lipinski definition) is 5. The van der Waals surface area contributed by atoms with Crippen molar-refractivity contribution in [2.24, 2.45) is 4.99 Å². The van der Waals surface area contributed by atoms with Gasteiger partial charge in [0.1, 0.15) is 0 Å². The Kier molecular flexibility index (Phi) is 8.77. The summed E-state index contributed by atoms with van der Waals surface area (Å²) < 4.78 is 16.5. The maximum absolute atomic E-state index is 11.3. The Hall–Kier alpha value is -2.32. The number of guanidine groups is 1. The Bertz CT molecular complexity index is 681. The van der Waals surface area contributed by atoms with Gasteiger partial charge in [-0.1, -0.05) is 12.1 Å². The first kappa shape index (κ1) is 22.4. The van der Waals surface area contributed by atoms with E-state index in [2.05, 4.69) is 25.3 Å². The Labute approximate surface area is 179 Å². The van der Waals surface area contributed by atoms with Crippen molar-refractivity contribution in [2.45, 2.75) is 50.9 Å². The molecule has 8 heteroatoms. The minimum absolute atomic E-state index is 0.278. The van der Waals surface area contributed by atoms with Crippen LogP contribution in [0.3, 0.4) is 0 Å². The molecule has 2 aliphatic rings. The van der Waals surface area contributed by atoms with E-state index in [0.717, 1.165) is 57.1 Å². The molecule has 3 rings (SSSR count). The number of anilines is 1. The molecule has 8 nitrogen and oxygen atoms in total. The van der Waals surface area contributed by atoms with E-state index < -0.39 is 6.09 Å². The number of methoxy groups -OCH3 is 1. The summed E-state index contributed by atoms with van der Waals surface area (Å²) in [6.07, 6.45) is 5.66. The molecule has 1 aromatic carbocycles. The van der Waals surface area contributed by atoms with Crippen LogP contribution < -0.4 is 10.6 Å². The van der Waals surface area contributed by atoms with Gasteiger partial charge in [-0.15, -0.1) is 0 Å². The van der Waals surface area contributed by atoms with E-state index in [1.54, 1.807) is 0 Å². The molecule has 0 saturated carbocycles. The third kappa shape index (κ3) is 6.88. The van der Waals surface area contributed by atoms with Gasteiger partial charge >= 0.3 is 6.09 Å². The predicted octanol–water partition coefficient (Wildman–Crippen LogP) is 2.99. The van der Waals surface area contributed by atoms with Crippen LogP contribution >= 0.6 is 0 Å². The molecule has 1 amide bonds. The molecule has 0 radical (unpaired) electrons. The van der Waals surface area contributed by atoms with Gasteiger partial charge < -0.3 is 24.4 Å². The first-order valence-corrected chi connectivity index (χ1v) is 10.8. The number of benzene rings is 1. The first-order valence-electron chi connectivity index (χ1n) is 10.8. The van der Waals surface area contributed by atoms with E-state index in [1.807, 2.05) is 31.3 Å². The summed E-state index contributed by atoms with van der Waals surface area (Å²) in [6.45, 7) is 4.12. The van der Waals surface area contributed by atoms with Crippen molar-refractivity contribution >= 4 is 17.7 Å². The predicted molar refractivity (Wildman–Crippen MR) is 117 cm³/mol. The molecule has 1 unspecified atom stereocenters. The van der Waals surface area contributed by atoms with Crippen LogP contribution in [0.25, 0.3) is 0 Å². The fourth-order valence-electron chi connectivity index (χ4n) is 3.80. The highest BCUT2D eigenvalue weighted by Gasteiger charge is 2.23. The average molecular weight is 419 g/mol. The average Bonchev–Trinajstić information content (AvgIpc) is 2.80. The fourth-order valence-corrected chi connectivity index (χ4v) is 3.80. The van der Waals surface area contributed by atoms with Gasteiger partial charge in [0, 0.05) is 39.0 Å². The molecule has 2 aliphatic heterocycles. The minimum atomic E-state index is -0.472. The molecule has 2 heterocycles. The smallest absolute Gasteiger partial charge is 0.411 e. The summed E-state index contributed by atoms with van der Waals surface area (Å²) in [7, 11) is 3.16. The van der Waals surface area contributed by atoms with Gasteiger partial charge in [-0.2, -0.15) is 0 Å². The Morgan fingerprint density at radius 3 is 2.60 bits per heavy atom. The fraction of sp³-hybridized carbons (Fsp3) is 0.636. The van der Waals surface area contributed by atoms with Gasteiger partial charge in [0.2, 0.25) is 0 Å². The summed E-state index contributed by atoms with van der Waals surface area (Å²) in [6, 6.07) is 7.66. The summed E-state index contributed by atoms with van der Waals surface area (Å²) >= 11 is 0. The molecule has 2 N–H and O–H groups in total. The van der Waals surface area contributed by atoms with Gasteiger partial charge in [-0.3, -0.25) is 10.3 Å². The Balaban J connectivity index is 1.38. The van der Waals surface area contributed by atoms with Gasteiger partial charge in [-0.25, -0.2) is 4.79 Å². The van der Waals surface area contributed by atoms with E-state index in [9.17, 15) is 4.79 Å². The van der Waals surface area contributed by atoms with E-state index >= 15 is 0 Å². The van der Waals surface area contributed by atoms with Gasteiger partial charge in [-0.05, 0) is 49.8 Å². The number of likely N-dealkylation sites (tertiary alicyclic amines) is 1. The van der Waals surface area contributed by atoms with Crippen LogP contribution in [0.2, 0.25) is 0 Å². The van der Waals surface area contributed by atoms with E-state index in [4.69, 9.17) is 9.47 Å². The zero-order chi connectivity index (χ0) is 21.2. The normalized spacial score (nSPS) is 20.7. The topological polar surface area (TPSA) is 84.4 Å². The molecular formula is C22H34N4O4. The van der Waals surface area contributed by atoms with Crippen molar-refractivity contribution < 1.29 is 19.0 Å². The standard InChI is InChI=1S/C22H34N4O4/c1-23-21(24-15-17-6-8-18(9-7-17)25-22(27)28-2)26-12-10-19(11-13-26)30-16-20-5-3-4-14-29-20/h6-9,19-20H,3-5,10-16H2,1-2H3,(H,23,24)(H,25,27). The monoisotopic (exact) mass is 418 g/mol. The molecule has 166 valence electrons. The molecular weight excluding hydrogens is 384 g/mol. The van der Waals surface area contributed by atoms with Crippen LogP contribution in [-0.4, -0.2) is 69.6 Å². The zero-order valence-corrected chi connectivity index (χ0v) is 18.1. The number of carbonyl (C=O) groups excluding carboxylic acids is 1. The Morgan fingerprint density at radius 2 is 1.97 bits per heavy atom. The number of carbonyl (C=O) groups is 1. The number of amides is 1. The number of nitrogens with zero attached hydrogens (tertiary/aromatic N) is 2. The first-order chi connectivity index (χ1) is 14.7. The number of piperidine rings is 1. The van der Waals surface area contributed by atoms with Gasteiger partial charge in [0.05, 0.1) is 25.9 Å². The molecule has 1 aromatic rings. The molecule has 2 fully saturated rings. The summed E-state index contributed by atoms with van der Waals surface area (Å²) in [5, 5.41) is 6.08. The lowest BCUT2D eigenvalue weighted by atomic mass is 10.1. The number of rotatable bonds is 6. The minimum Gasteiger partial charge on any atom is -0.453 e. The van der Waals surface area contributed by atoms with Gasteiger partial charge in [0.25, 0.3) is 0 Å².